The van der Waals surface area contributed by atoms with Gasteiger partial charge in [0, 0.05) is 4.47 Å². The summed E-state index contributed by atoms with van der Waals surface area (Å²) in [6.07, 6.45) is 1.94. The average Bonchev–Trinajstić information content (AvgIpc) is 3.30. The van der Waals surface area contributed by atoms with Crippen LogP contribution in [0.1, 0.15) is 16.9 Å². The molecule has 2 aromatic heterocycles. The molecule has 4 rings (SSSR count). The monoisotopic (exact) mass is 440 g/mol. The van der Waals surface area contributed by atoms with E-state index in [2.05, 4.69) is 20.9 Å². The van der Waals surface area contributed by atoms with Crippen LogP contribution in [0.5, 0.6) is 0 Å². The standard InChI is InChI=1S/C21H17BrN2O2S/c1-14-4-6-15(7-5-14)11-20(25)24(13-17-3-2-10-26-17)21-23-18-9-8-16(22)12-19(18)27-21/h2-10,12H,11,13H2,1H3. The first-order valence-corrected chi connectivity index (χ1v) is 10.1. The Labute approximate surface area is 169 Å². The summed E-state index contributed by atoms with van der Waals surface area (Å²) in [4.78, 5) is 19.5. The summed E-state index contributed by atoms with van der Waals surface area (Å²) < 4.78 is 7.50. The van der Waals surface area contributed by atoms with Gasteiger partial charge in [-0.25, -0.2) is 4.98 Å². The van der Waals surface area contributed by atoms with Crippen molar-refractivity contribution >= 4 is 48.5 Å². The van der Waals surface area contributed by atoms with Gasteiger partial charge in [0.1, 0.15) is 5.76 Å². The zero-order valence-corrected chi connectivity index (χ0v) is 17.1. The summed E-state index contributed by atoms with van der Waals surface area (Å²) in [5.74, 6) is 0.723. The minimum Gasteiger partial charge on any atom is -0.467 e. The highest BCUT2D eigenvalue weighted by Gasteiger charge is 2.21. The zero-order valence-electron chi connectivity index (χ0n) is 14.7. The molecule has 0 spiro atoms. The SMILES string of the molecule is Cc1ccc(CC(=O)N(Cc2ccco2)c2nc3ccc(Br)cc3s2)cc1. The molecule has 27 heavy (non-hydrogen) atoms. The molecule has 0 unspecified atom stereocenters. The maximum Gasteiger partial charge on any atom is 0.233 e. The van der Waals surface area contributed by atoms with Gasteiger partial charge in [-0.1, -0.05) is 57.1 Å². The fraction of sp³-hybridized carbons (Fsp3) is 0.143. The number of benzene rings is 2. The summed E-state index contributed by atoms with van der Waals surface area (Å²) in [6.45, 7) is 2.40. The Morgan fingerprint density at radius 2 is 2.00 bits per heavy atom. The van der Waals surface area contributed by atoms with E-state index < -0.39 is 0 Å². The van der Waals surface area contributed by atoms with E-state index in [1.807, 2.05) is 61.5 Å². The highest BCUT2D eigenvalue weighted by atomic mass is 79.9. The number of nitrogens with zero attached hydrogens (tertiary/aromatic N) is 2. The van der Waals surface area contributed by atoms with Crippen LogP contribution in [0, 0.1) is 6.92 Å². The normalized spacial score (nSPS) is 11.0. The van der Waals surface area contributed by atoms with Gasteiger partial charge < -0.3 is 4.42 Å². The van der Waals surface area contributed by atoms with Crippen molar-refractivity contribution in [2.24, 2.45) is 0 Å². The number of hydrogen-bond acceptors (Lipinski definition) is 4. The number of amides is 1. The first kappa shape index (κ1) is 17.9. The Bertz CT molecular complexity index is 1070. The lowest BCUT2D eigenvalue weighted by Gasteiger charge is -2.18. The van der Waals surface area contributed by atoms with Gasteiger partial charge in [0.05, 0.1) is 29.4 Å². The van der Waals surface area contributed by atoms with Gasteiger partial charge >= 0.3 is 0 Å². The van der Waals surface area contributed by atoms with Gasteiger partial charge in [0.2, 0.25) is 5.91 Å². The van der Waals surface area contributed by atoms with E-state index in [1.54, 1.807) is 11.2 Å². The van der Waals surface area contributed by atoms with Crippen LogP contribution in [-0.4, -0.2) is 10.9 Å². The van der Waals surface area contributed by atoms with Crippen LogP contribution in [0.4, 0.5) is 5.13 Å². The Balaban J connectivity index is 1.66. The quantitative estimate of drug-likeness (QED) is 0.397. The van der Waals surface area contributed by atoms with Crippen molar-refractivity contribution in [3.8, 4) is 0 Å². The molecule has 0 aliphatic heterocycles. The molecule has 2 heterocycles. The van der Waals surface area contributed by atoms with Gasteiger partial charge in [0.15, 0.2) is 5.13 Å². The molecule has 1 amide bonds. The van der Waals surface area contributed by atoms with Gasteiger partial charge in [-0.3, -0.25) is 9.69 Å². The summed E-state index contributed by atoms with van der Waals surface area (Å²) in [5.41, 5.74) is 3.04. The number of anilines is 1. The molecule has 0 N–H and O–H groups in total. The minimum atomic E-state index is -0.00613. The molecule has 2 aromatic carbocycles. The molecule has 0 atom stereocenters. The van der Waals surface area contributed by atoms with Crippen molar-refractivity contribution in [3.63, 3.8) is 0 Å². The Kier molecular flexibility index (Phi) is 5.09. The smallest absolute Gasteiger partial charge is 0.233 e. The van der Waals surface area contributed by atoms with Crippen LogP contribution in [0.25, 0.3) is 10.2 Å². The number of furan rings is 1. The van der Waals surface area contributed by atoms with E-state index >= 15 is 0 Å². The molecule has 4 nitrogen and oxygen atoms in total. The molecular weight excluding hydrogens is 424 g/mol. The molecule has 0 aliphatic carbocycles. The predicted molar refractivity (Wildman–Crippen MR) is 112 cm³/mol. The van der Waals surface area contributed by atoms with Crippen molar-refractivity contribution in [2.75, 3.05) is 4.90 Å². The fourth-order valence-corrected chi connectivity index (χ4v) is 4.33. The third kappa shape index (κ3) is 4.12. The second-order valence-electron chi connectivity index (χ2n) is 6.33. The molecule has 0 bridgehead atoms. The van der Waals surface area contributed by atoms with Crippen LogP contribution in [0.3, 0.4) is 0 Å². The number of hydrogen-bond donors (Lipinski definition) is 0. The van der Waals surface area contributed by atoms with Crippen molar-refractivity contribution < 1.29 is 9.21 Å². The zero-order chi connectivity index (χ0) is 18.8. The van der Waals surface area contributed by atoms with Crippen molar-refractivity contribution in [1.82, 2.24) is 4.98 Å². The van der Waals surface area contributed by atoms with E-state index in [4.69, 9.17) is 4.42 Å². The van der Waals surface area contributed by atoms with E-state index in [0.29, 0.717) is 18.1 Å². The second kappa shape index (κ2) is 7.66. The van der Waals surface area contributed by atoms with Crippen molar-refractivity contribution in [1.29, 1.82) is 0 Å². The number of aromatic nitrogens is 1. The van der Waals surface area contributed by atoms with Gasteiger partial charge in [-0.05, 0) is 42.8 Å². The Morgan fingerprint density at radius 1 is 1.19 bits per heavy atom. The number of carbonyl (C=O) groups excluding carboxylic acids is 1. The molecule has 0 aliphatic rings. The number of rotatable bonds is 5. The molecule has 0 saturated carbocycles. The third-order valence-corrected chi connectivity index (χ3v) is 5.78. The molecule has 136 valence electrons. The largest absolute Gasteiger partial charge is 0.467 e. The van der Waals surface area contributed by atoms with Gasteiger partial charge in [-0.2, -0.15) is 0 Å². The summed E-state index contributed by atoms with van der Waals surface area (Å²) in [7, 11) is 0. The second-order valence-corrected chi connectivity index (χ2v) is 8.25. The lowest BCUT2D eigenvalue weighted by molar-refractivity contribution is -0.118. The lowest BCUT2D eigenvalue weighted by Crippen LogP contribution is -2.31. The summed E-state index contributed by atoms with van der Waals surface area (Å²) in [6, 6.07) is 17.7. The van der Waals surface area contributed by atoms with Crippen LogP contribution in [0.15, 0.2) is 69.8 Å². The molecule has 0 saturated heterocycles. The first-order valence-electron chi connectivity index (χ1n) is 8.53. The van der Waals surface area contributed by atoms with Crippen molar-refractivity contribution in [2.45, 2.75) is 19.9 Å². The molecular formula is C21H17BrN2O2S. The van der Waals surface area contributed by atoms with E-state index in [0.717, 1.165) is 26.0 Å². The number of aryl methyl sites for hydroxylation is 1. The van der Waals surface area contributed by atoms with Crippen LogP contribution < -0.4 is 4.90 Å². The molecule has 0 fully saturated rings. The highest BCUT2D eigenvalue weighted by molar-refractivity contribution is 9.10. The van der Waals surface area contributed by atoms with Gasteiger partial charge in [-0.15, -0.1) is 0 Å². The van der Waals surface area contributed by atoms with E-state index in [-0.39, 0.29) is 5.91 Å². The molecule has 4 aromatic rings. The number of thiazole rings is 1. The maximum absolute atomic E-state index is 13.1. The maximum atomic E-state index is 13.1. The Morgan fingerprint density at radius 3 is 2.74 bits per heavy atom. The Hall–Kier alpha value is -2.44. The highest BCUT2D eigenvalue weighted by Crippen LogP contribution is 2.32. The van der Waals surface area contributed by atoms with Crippen molar-refractivity contribution in [3.05, 3.63) is 82.2 Å². The lowest BCUT2D eigenvalue weighted by atomic mass is 10.1. The summed E-state index contributed by atoms with van der Waals surface area (Å²) in [5, 5.41) is 0.677. The number of carbonyl (C=O) groups is 1. The van der Waals surface area contributed by atoms with Crippen LogP contribution in [0.2, 0.25) is 0 Å². The molecule has 0 radical (unpaired) electrons. The van der Waals surface area contributed by atoms with E-state index in [1.165, 1.54) is 16.9 Å². The average molecular weight is 441 g/mol. The fourth-order valence-electron chi connectivity index (χ4n) is 2.80. The predicted octanol–water partition coefficient (Wildman–Crippen LogP) is 5.74. The number of fused-ring (bicyclic) bond motifs is 1. The van der Waals surface area contributed by atoms with Crippen LogP contribution >= 0.6 is 27.3 Å². The van der Waals surface area contributed by atoms with E-state index in [9.17, 15) is 4.79 Å². The third-order valence-electron chi connectivity index (χ3n) is 4.24. The van der Waals surface area contributed by atoms with Gasteiger partial charge in [0.25, 0.3) is 0 Å². The first-order chi connectivity index (χ1) is 13.1. The summed E-state index contributed by atoms with van der Waals surface area (Å²) >= 11 is 4.99. The number of halogens is 1. The molecule has 6 heteroatoms. The van der Waals surface area contributed by atoms with Crippen LogP contribution in [-0.2, 0) is 17.8 Å². The minimum absolute atomic E-state index is 0.00613. The topological polar surface area (TPSA) is 46.3 Å².